The van der Waals surface area contributed by atoms with Gasteiger partial charge in [-0.3, -0.25) is 9.59 Å². The summed E-state index contributed by atoms with van der Waals surface area (Å²) >= 11 is 0. The highest BCUT2D eigenvalue weighted by molar-refractivity contribution is 5.84. The molecule has 1 rings (SSSR count). The van der Waals surface area contributed by atoms with Crippen LogP contribution in [0, 0.1) is 5.92 Å². The second-order valence-corrected chi connectivity index (χ2v) is 4.54. The van der Waals surface area contributed by atoms with Gasteiger partial charge in [-0.15, -0.1) is 0 Å². The highest BCUT2D eigenvalue weighted by Gasteiger charge is 2.16. The SMILES string of the molecule is O=C(CCC1CCCC1)NCC(=O)NCCO. The van der Waals surface area contributed by atoms with Gasteiger partial charge >= 0.3 is 0 Å². The zero-order chi connectivity index (χ0) is 12.5. The average Bonchev–Trinajstić information content (AvgIpc) is 2.84. The molecule has 5 nitrogen and oxygen atoms in total. The maximum Gasteiger partial charge on any atom is 0.239 e. The summed E-state index contributed by atoms with van der Waals surface area (Å²) in [4.78, 5) is 22.6. The zero-order valence-corrected chi connectivity index (χ0v) is 10.2. The van der Waals surface area contributed by atoms with Crippen LogP contribution >= 0.6 is 0 Å². The van der Waals surface area contributed by atoms with Crippen molar-refractivity contribution in [2.75, 3.05) is 19.7 Å². The lowest BCUT2D eigenvalue weighted by atomic mass is 10.0. The predicted octanol–water partition coefficient (Wildman–Crippen LogP) is 0.182. The van der Waals surface area contributed by atoms with Crippen LogP contribution in [-0.2, 0) is 9.59 Å². The molecular weight excluding hydrogens is 220 g/mol. The van der Waals surface area contributed by atoms with Crippen molar-refractivity contribution in [1.82, 2.24) is 10.6 Å². The first-order valence-electron chi connectivity index (χ1n) is 6.36. The highest BCUT2D eigenvalue weighted by Crippen LogP contribution is 2.28. The van der Waals surface area contributed by atoms with E-state index in [-0.39, 0.29) is 31.5 Å². The van der Waals surface area contributed by atoms with Crippen molar-refractivity contribution in [3.05, 3.63) is 0 Å². The second-order valence-electron chi connectivity index (χ2n) is 4.54. The van der Waals surface area contributed by atoms with Gasteiger partial charge in [0, 0.05) is 13.0 Å². The van der Waals surface area contributed by atoms with Gasteiger partial charge in [-0.2, -0.15) is 0 Å². The van der Waals surface area contributed by atoms with Crippen LogP contribution in [0.15, 0.2) is 0 Å². The fourth-order valence-electron chi connectivity index (χ4n) is 2.16. The van der Waals surface area contributed by atoms with E-state index in [1.807, 2.05) is 0 Å². The third-order valence-electron chi connectivity index (χ3n) is 3.13. The first kappa shape index (κ1) is 14.0. The van der Waals surface area contributed by atoms with Crippen molar-refractivity contribution in [1.29, 1.82) is 0 Å². The fourth-order valence-corrected chi connectivity index (χ4v) is 2.16. The third-order valence-corrected chi connectivity index (χ3v) is 3.13. The molecule has 1 aliphatic carbocycles. The molecule has 1 fully saturated rings. The summed E-state index contributed by atoms with van der Waals surface area (Å²) in [5.74, 6) is 0.383. The number of rotatable bonds is 7. The van der Waals surface area contributed by atoms with E-state index in [2.05, 4.69) is 10.6 Å². The summed E-state index contributed by atoms with van der Waals surface area (Å²) in [6.45, 7) is 0.154. The standard InChI is InChI=1S/C12H22N2O3/c15-8-7-13-12(17)9-14-11(16)6-5-10-3-1-2-4-10/h10,15H,1-9H2,(H,13,17)(H,14,16). The molecule has 5 heteroatoms. The van der Waals surface area contributed by atoms with E-state index < -0.39 is 0 Å². The van der Waals surface area contributed by atoms with E-state index in [1.165, 1.54) is 25.7 Å². The number of carbonyl (C=O) groups excluding carboxylic acids is 2. The van der Waals surface area contributed by atoms with Crippen LogP contribution in [-0.4, -0.2) is 36.6 Å². The third kappa shape index (κ3) is 6.26. The maximum atomic E-state index is 11.4. The van der Waals surface area contributed by atoms with Crippen molar-refractivity contribution in [2.45, 2.75) is 38.5 Å². The molecule has 0 saturated heterocycles. The van der Waals surface area contributed by atoms with Gasteiger partial charge in [0.15, 0.2) is 0 Å². The summed E-state index contributed by atoms with van der Waals surface area (Å²) in [6, 6.07) is 0. The Bertz CT molecular complexity index is 250. The van der Waals surface area contributed by atoms with Crippen LogP contribution in [0.4, 0.5) is 0 Å². The molecule has 0 bridgehead atoms. The summed E-state index contributed by atoms with van der Waals surface area (Å²) in [5, 5.41) is 13.6. The van der Waals surface area contributed by atoms with Crippen molar-refractivity contribution in [3.63, 3.8) is 0 Å². The van der Waals surface area contributed by atoms with Crippen molar-refractivity contribution in [2.24, 2.45) is 5.92 Å². The fraction of sp³-hybridized carbons (Fsp3) is 0.833. The van der Waals surface area contributed by atoms with E-state index >= 15 is 0 Å². The molecule has 0 aliphatic heterocycles. The second kappa shape index (κ2) is 8.06. The van der Waals surface area contributed by atoms with E-state index in [0.717, 1.165) is 6.42 Å². The minimum absolute atomic E-state index is 0.00347. The number of amides is 2. The molecule has 0 aromatic rings. The Kier molecular flexibility index (Phi) is 6.62. The summed E-state index contributed by atoms with van der Waals surface area (Å²) < 4.78 is 0. The Morgan fingerprint density at radius 1 is 1.12 bits per heavy atom. The molecule has 98 valence electrons. The van der Waals surface area contributed by atoms with Crippen LogP contribution in [0.1, 0.15) is 38.5 Å². The van der Waals surface area contributed by atoms with Crippen LogP contribution < -0.4 is 10.6 Å². The Hall–Kier alpha value is -1.10. The van der Waals surface area contributed by atoms with Gasteiger partial charge in [0.2, 0.25) is 11.8 Å². The molecule has 0 unspecified atom stereocenters. The van der Waals surface area contributed by atoms with Gasteiger partial charge < -0.3 is 15.7 Å². The van der Waals surface area contributed by atoms with Gasteiger partial charge in [0.1, 0.15) is 0 Å². The van der Waals surface area contributed by atoms with Gasteiger partial charge in [0.05, 0.1) is 13.2 Å². The average molecular weight is 242 g/mol. The van der Waals surface area contributed by atoms with Gasteiger partial charge in [0.25, 0.3) is 0 Å². The van der Waals surface area contributed by atoms with Crippen molar-refractivity contribution in [3.8, 4) is 0 Å². The van der Waals surface area contributed by atoms with E-state index in [9.17, 15) is 9.59 Å². The molecule has 0 radical (unpaired) electrons. The molecule has 0 aromatic carbocycles. The summed E-state index contributed by atoms with van der Waals surface area (Å²) in [5.41, 5.74) is 0. The number of nitrogens with one attached hydrogen (secondary N) is 2. The van der Waals surface area contributed by atoms with Gasteiger partial charge in [-0.05, 0) is 12.3 Å². The van der Waals surface area contributed by atoms with Crippen LogP contribution in [0.3, 0.4) is 0 Å². The molecule has 3 N–H and O–H groups in total. The normalized spacial score (nSPS) is 15.8. The van der Waals surface area contributed by atoms with Gasteiger partial charge in [-0.25, -0.2) is 0 Å². The lowest BCUT2D eigenvalue weighted by molar-refractivity contribution is -0.126. The molecule has 1 aliphatic rings. The number of aliphatic hydroxyl groups excluding tert-OH is 1. The molecule has 1 saturated carbocycles. The number of hydrogen-bond donors (Lipinski definition) is 3. The van der Waals surface area contributed by atoms with Crippen molar-refractivity contribution < 1.29 is 14.7 Å². The zero-order valence-electron chi connectivity index (χ0n) is 10.2. The summed E-state index contributed by atoms with van der Waals surface area (Å²) in [7, 11) is 0. The molecule has 2 amide bonds. The summed E-state index contributed by atoms with van der Waals surface area (Å²) in [6.07, 6.45) is 6.50. The van der Waals surface area contributed by atoms with Crippen LogP contribution in [0.2, 0.25) is 0 Å². The monoisotopic (exact) mass is 242 g/mol. The first-order valence-corrected chi connectivity index (χ1v) is 6.36. The lowest BCUT2D eigenvalue weighted by Gasteiger charge is -2.09. The van der Waals surface area contributed by atoms with Gasteiger partial charge in [-0.1, -0.05) is 25.7 Å². The van der Waals surface area contributed by atoms with E-state index in [4.69, 9.17) is 5.11 Å². The first-order chi connectivity index (χ1) is 8.22. The molecule has 0 spiro atoms. The Morgan fingerprint density at radius 3 is 2.47 bits per heavy atom. The topological polar surface area (TPSA) is 78.4 Å². The maximum absolute atomic E-state index is 11.4. The molecule has 17 heavy (non-hydrogen) atoms. The minimum atomic E-state index is -0.256. The quantitative estimate of drug-likeness (QED) is 0.596. The van der Waals surface area contributed by atoms with Crippen molar-refractivity contribution >= 4 is 11.8 Å². The van der Waals surface area contributed by atoms with Crippen LogP contribution in [0.25, 0.3) is 0 Å². The lowest BCUT2D eigenvalue weighted by Crippen LogP contribution is -2.38. The molecule has 0 heterocycles. The minimum Gasteiger partial charge on any atom is -0.395 e. The number of hydrogen-bond acceptors (Lipinski definition) is 3. The van der Waals surface area contributed by atoms with E-state index in [1.54, 1.807) is 0 Å². The smallest absolute Gasteiger partial charge is 0.239 e. The van der Waals surface area contributed by atoms with E-state index in [0.29, 0.717) is 12.3 Å². The number of carbonyl (C=O) groups is 2. The van der Waals surface area contributed by atoms with Crippen LogP contribution in [0.5, 0.6) is 0 Å². The highest BCUT2D eigenvalue weighted by atomic mass is 16.3. The Balaban J connectivity index is 2.02. The largest absolute Gasteiger partial charge is 0.395 e. The Morgan fingerprint density at radius 2 is 1.82 bits per heavy atom. The molecule has 0 atom stereocenters. The molecular formula is C12H22N2O3. The Labute approximate surface area is 102 Å². The predicted molar refractivity (Wildman–Crippen MR) is 64.3 cm³/mol. The number of aliphatic hydroxyl groups is 1. The molecule has 0 aromatic heterocycles.